The minimum absolute atomic E-state index is 0.130. The predicted octanol–water partition coefficient (Wildman–Crippen LogP) is 2.80. The molecule has 4 amide bonds. The second-order valence-corrected chi connectivity index (χ2v) is 6.68. The van der Waals surface area contributed by atoms with Gasteiger partial charge >= 0.3 is 6.03 Å². The molecule has 0 radical (unpaired) electrons. The summed E-state index contributed by atoms with van der Waals surface area (Å²) in [5, 5.41) is 4.14. The Labute approximate surface area is 168 Å². The number of ether oxygens (including phenoxy) is 1. The molecule has 1 fully saturated rings. The zero-order valence-electron chi connectivity index (χ0n) is 16.4. The molecule has 29 heavy (non-hydrogen) atoms. The Morgan fingerprint density at radius 2 is 1.52 bits per heavy atom. The highest BCUT2D eigenvalue weighted by atomic mass is 16.5. The van der Waals surface area contributed by atoms with Gasteiger partial charge in [-0.05, 0) is 48.4 Å². The number of hydrogen-bond donors (Lipinski definition) is 2. The maximum absolute atomic E-state index is 12.0. The van der Waals surface area contributed by atoms with Crippen molar-refractivity contribution in [3.63, 3.8) is 0 Å². The molecule has 3 rings (SSSR count). The summed E-state index contributed by atoms with van der Waals surface area (Å²) in [4.78, 5) is 37.3. The molecule has 7 nitrogen and oxygen atoms in total. The number of carbonyl (C=O) groups is 3. The standard InChI is InChI=1S/C22H21N3O4/c1-14-12-16(19-20(26)23-22(28)24-21(19)27)13-18(29-14)7-5-4-6-15-8-10-17(11-9-15)25(2)3/h4-13H,1-3H3,(H2,23,24,26,27,28). The van der Waals surface area contributed by atoms with Crippen molar-refractivity contribution in [2.24, 2.45) is 0 Å². The quantitative estimate of drug-likeness (QED) is 0.468. The van der Waals surface area contributed by atoms with E-state index in [2.05, 4.69) is 10.6 Å². The lowest BCUT2D eigenvalue weighted by Crippen LogP contribution is -2.51. The molecule has 1 aromatic carbocycles. The van der Waals surface area contributed by atoms with E-state index in [0.29, 0.717) is 17.1 Å². The number of barbiturate groups is 1. The third kappa shape index (κ3) is 4.90. The number of amides is 4. The van der Waals surface area contributed by atoms with E-state index in [1.165, 1.54) is 0 Å². The van der Waals surface area contributed by atoms with Crippen molar-refractivity contribution in [2.45, 2.75) is 6.92 Å². The van der Waals surface area contributed by atoms with Gasteiger partial charge < -0.3 is 9.64 Å². The van der Waals surface area contributed by atoms with Gasteiger partial charge in [-0.3, -0.25) is 20.2 Å². The van der Waals surface area contributed by atoms with E-state index in [9.17, 15) is 14.4 Å². The molecule has 148 valence electrons. The van der Waals surface area contributed by atoms with Gasteiger partial charge in [-0.25, -0.2) is 4.79 Å². The van der Waals surface area contributed by atoms with Gasteiger partial charge in [0.1, 0.15) is 17.1 Å². The monoisotopic (exact) mass is 391 g/mol. The van der Waals surface area contributed by atoms with Crippen molar-refractivity contribution in [2.75, 3.05) is 19.0 Å². The summed E-state index contributed by atoms with van der Waals surface area (Å²) >= 11 is 0. The number of urea groups is 1. The van der Waals surface area contributed by atoms with Crippen LogP contribution in [0, 0.1) is 0 Å². The van der Waals surface area contributed by atoms with E-state index >= 15 is 0 Å². The van der Waals surface area contributed by atoms with Crippen LogP contribution in [0.5, 0.6) is 0 Å². The average Bonchev–Trinajstić information content (AvgIpc) is 2.64. The largest absolute Gasteiger partial charge is 0.462 e. The molecule has 1 saturated heterocycles. The van der Waals surface area contributed by atoms with Crippen molar-refractivity contribution < 1.29 is 19.1 Å². The number of benzene rings is 1. The number of hydrogen-bond acceptors (Lipinski definition) is 5. The molecule has 2 aliphatic rings. The van der Waals surface area contributed by atoms with Gasteiger partial charge in [-0.2, -0.15) is 0 Å². The first-order valence-electron chi connectivity index (χ1n) is 8.94. The van der Waals surface area contributed by atoms with E-state index in [1.807, 2.05) is 55.4 Å². The molecule has 0 bridgehead atoms. The van der Waals surface area contributed by atoms with Crippen LogP contribution in [-0.4, -0.2) is 31.9 Å². The molecule has 2 heterocycles. The van der Waals surface area contributed by atoms with Crippen LogP contribution in [0.4, 0.5) is 10.5 Å². The first-order valence-corrected chi connectivity index (χ1v) is 8.94. The molecule has 0 unspecified atom stereocenters. The molecular weight excluding hydrogens is 370 g/mol. The Bertz CT molecular complexity index is 987. The van der Waals surface area contributed by atoms with Crippen LogP contribution in [0.1, 0.15) is 12.5 Å². The molecule has 2 N–H and O–H groups in total. The third-order valence-electron chi connectivity index (χ3n) is 4.20. The molecule has 2 aliphatic heterocycles. The lowest BCUT2D eigenvalue weighted by atomic mass is 10.0. The number of allylic oxidation sites excluding steroid dienone is 7. The third-order valence-corrected chi connectivity index (χ3v) is 4.20. The van der Waals surface area contributed by atoms with Gasteiger partial charge in [0.05, 0.1) is 0 Å². The van der Waals surface area contributed by atoms with Crippen LogP contribution < -0.4 is 15.5 Å². The van der Waals surface area contributed by atoms with Gasteiger partial charge in [-0.15, -0.1) is 0 Å². The number of nitrogens with zero attached hydrogens (tertiary/aromatic N) is 1. The Balaban J connectivity index is 1.76. The van der Waals surface area contributed by atoms with Crippen molar-refractivity contribution in [1.29, 1.82) is 0 Å². The lowest BCUT2D eigenvalue weighted by molar-refractivity contribution is -0.124. The fraction of sp³-hybridized carbons (Fsp3) is 0.136. The first-order chi connectivity index (χ1) is 13.8. The maximum Gasteiger partial charge on any atom is 0.328 e. The van der Waals surface area contributed by atoms with E-state index < -0.39 is 17.8 Å². The zero-order valence-corrected chi connectivity index (χ0v) is 16.4. The molecule has 0 saturated carbocycles. The molecule has 1 aromatic rings. The topological polar surface area (TPSA) is 87.7 Å². The number of anilines is 1. The van der Waals surface area contributed by atoms with Gasteiger partial charge in [0.15, 0.2) is 0 Å². The fourth-order valence-electron chi connectivity index (χ4n) is 2.81. The molecule has 7 heteroatoms. The fourth-order valence-corrected chi connectivity index (χ4v) is 2.81. The van der Waals surface area contributed by atoms with E-state index in [-0.39, 0.29) is 5.57 Å². The summed E-state index contributed by atoms with van der Waals surface area (Å²) in [6, 6.07) is 7.28. The summed E-state index contributed by atoms with van der Waals surface area (Å²) in [6.45, 7) is 1.72. The predicted molar refractivity (Wildman–Crippen MR) is 111 cm³/mol. The van der Waals surface area contributed by atoms with Crippen LogP contribution >= 0.6 is 0 Å². The van der Waals surface area contributed by atoms with Crippen molar-refractivity contribution in [1.82, 2.24) is 10.6 Å². The Morgan fingerprint density at radius 3 is 2.14 bits per heavy atom. The molecule has 0 aliphatic carbocycles. The highest BCUT2D eigenvalue weighted by molar-refractivity contribution is 6.29. The molecule has 0 atom stereocenters. The maximum atomic E-state index is 12.0. The van der Waals surface area contributed by atoms with Crippen molar-refractivity contribution >= 4 is 29.6 Å². The number of imide groups is 2. The van der Waals surface area contributed by atoms with Crippen LogP contribution in [0.2, 0.25) is 0 Å². The van der Waals surface area contributed by atoms with Crippen molar-refractivity contribution in [3.8, 4) is 0 Å². The van der Waals surface area contributed by atoms with Crippen LogP contribution in [-0.2, 0) is 14.3 Å². The SMILES string of the molecule is CC1=CC(=C2C(=O)NC(=O)NC2=O)C=C(C=CC=Cc2ccc(N(C)C)cc2)O1. The number of rotatable bonds is 4. The van der Waals surface area contributed by atoms with E-state index in [1.54, 1.807) is 31.2 Å². The normalized spacial score (nSPS) is 17.1. The molecule has 0 aromatic heterocycles. The van der Waals surface area contributed by atoms with Crippen molar-refractivity contribution in [3.05, 3.63) is 82.9 Å². The van der Waals surface area contributed by atoms with E-state index in [4.69, 9.17) is 4.74 Å². The number of nitrogens with one attached hydrogen (secondary N) is 2. The Hall–Kier alpha value is -3.87. The van der Waals surface area contributed by atoms with Gasteiger partial charge in [0.25, 0.3) is 11.8 Å². The lowest BCUT2D eigenvalue weighted by Gasteiger charge is -2.19. The smallest absolute Gasteiger partial charge is 0.328 e. The summed E-state index contributed by atoms with van der Waals surface area (Å²) in [5.74, 6) is -0.478. The Morgan fingerprint density at radius 1 is 0.897 bits per heavy atom. The highest BCUT2D eigenvalue weighted by Gasteiger charge is 2.30. The van der Waals surface area contributed by atoms with Gasteiger partial charge in [0, 0.05) is 19.8 Å². The first kappa shape index (κ1) is 19.9. The average molecular weight is 391 g/mol. The minimum atomic E-state index is -0.829. The summed E-state index contributed by atoms with van der Waals surface area (Å²) in [5.41, 5.74) is 2.42. The summed E-state index contributed by atoms with van der Waals surface area (Å²) in [7, 11) is 3.98. The molecular formula is C22H21N3O4. The van der Waals surface area contributed by atoms with Gasteiger partial charge in [-0.1, -0.05) is 30.4 Å². The summed E-state index contributed by atoms with van der Waals surface area (Å²) < 4.78 is 5.62. The van der Waals surface area contributed by atoms with E-state index in [0.717, 1.165) is 11.3 Å². The van der Waals surface area contributed by atoms with Gasteiger partial charge in [0.2, 0.25) is 0 Å². The van der Waals surface area contributed by atoms with Crippen LogP contribution in [0.15, 0.2) is 77.3 Å². The summed E-state index contributed by atoms with van der Waals surface area (Å²) in [6.07, 6.45) is 10.5. The highest BCUT2D eigenvalue weighted by Crippen LogP contribution is 2.23. The number of carbonyl (C=O) groups excluding carboxylic acids is 3. The molecule has 0 spiro atoms. The Kier molecular flexibility index (Phi) is 5.78. The second-order valence-electron chi connectivity index (χ2n) is 6.68. The zero-order chi connectivity index (χ0) is 21.0. The van der Waals surface area contributed by atoms with Crippen LogP contribution in [0.3, 0.4) is 0 Å². The minimum Gasteiger partial charge on any atom is -0.462 e. The second kappa shape index (κ2) is 8.43. The van der Waals surface area contributed by atoms with Crippen LogP contribution in [0.25, 0.3) is 6.08 Å².